The standard InChI is InChI=1S/C14H19N3O2/c1-4-7-17-9-12(15)14(16-17)11-8-10(18-2)5-6-13(11)19-3/h5-6,8-9H,4,7,15H2,1-3H3. The van der Waals surface area contributed by atoms with Crippen LogP contribution in [0.3, 0.4) is 0 Å². The molecule has 0 aliphatic rings. The molecule has 0 aliphatic heterocycles. The molecule has 0 unspecified atom stereocenters. The summed E-state index contributed by atoms with van der Waals surface area (Å²) in [6, 6.07) is 5.59. The molecule has 0 radical (unpaired) electrons. The van der Waals surface area contributed by atoms with Gasteiger partial charge in [-0.2, -0.15) is 5.10 Å². The predicted molar refractivity (Wildman–Crippen MR) is 75.5 cm³/mol. The fraction of sp³-hybridized carbons (Fsp3) is 0.357. The van der Waals surface area contributed by atoms with Gasteiger partial charge >= 0.3 is 0 Å². The van der Waals surface area contributed by atoms with Crippen LogP contribution in [0.2, 0.25) is 0 Å². The SMILES string of the molecule is CCCn1cc(N)c(-c2cc(OC)ccc2OC)n1. The summed E-state index contributed by atoms with van der Waals surface area (Å²) in [5.74, 6) is 1.48. The molecule has 2 rings (SSSR count). The molecule has 5 heteroatoms. The fourth-order valence-electron chi connectivity index (χ4n) is 1.99. The van der Waals surface area contributed by atoms with Crippen molar-refractivity contribution >= 4 is 5.69 Å². The second-order valence-corrected chi connectivity index (χ2v) is 4.26. The van der Waals surface area contributed by atoms with E-state index in [1.165, 1.54) is 0 Å². The third-order valence-electron chi connectivity index (χ3n) is 2.90. The molecular formula is C14H19N3O2. The Hall–Kier alpha value is -2.17. The molecule has 0 amide bonds. The number of aryl methyl sites for hydroxylation is 1. The van der Waals surface area contributed by atoms with Crippen LogP contribution in [0.25, 0.3) is 11.3 Å². The van der Waals surface area contributed by atoms with Crippen LogP contribution >= 0.6 is 0 Å². The molecule has 0 bridgehead atoms. The summed E-state index contributed by atoms with van der Waals surface area (Å²) in [6.45, 7) is 2.94. The zero-order chi connectivity index (χ0) is 13.8. The maximum atomic E-state index is 6.04. The van der Waals surface area contributed by atoms with E-state index in [1.54, 1.807) is 14.2 Å². The lowest BCUT2D eigenvalue weighted by atomic mass is 10.1. The van der Waals surface area contributed by atoms with Crippen molar-refractivity contribution in [2.24, 2.45) is 0 Å². The molecule has 0 aliphatic carbocycles. The van der Waals surface area contributed by atoms with Gasteiger partial charge in [0.25, 0.3) is 0 Å². The van der Waals surface area contributed by atoms with Gasteiger partial charge in [-0.25, -0.2) is 0 Å². The van der Waals surface area contributed by atoms with Crippen LogP contribution in [0.15, 0.2) is 24.4 Å². The van der Waals surface area contributed by atoms with Crippen molar-refractivity contribution in [3.63, 3.8) is 0 Å². The number of hydrogen-bond acceptors (Lipinski definition) is 4. The molecule has 19 heavy (non-hydrogen) atoms. The number of hydrogen-bond donors (Lipinski definition) is 1. The van der Waals surface area contributed by atoms with E-state index in [0.29, 0.717) is 5.69 Å². The highest BCUT2D eigenvalue weighted by molar-refractivity contribution is 5.77. The first-order valence-corrected chi connectivity index (χ1v) is 6.25. The average molecular weight is 261 g/mol. The fourth-order valence-corrected chi connectivity index (χ4v) is 1.99. The minimum absolute atomic E-state index is 0.639. The van der Waals surface area contributed by atoms with Crippen molar-refractivity contribution in [3.8, 4) is 22.8 Å². The van der Waals surface area contributed by atoms with E-state index in [4.69, 9.17) is 15.2 Å². The number of nitrogen functional groups attached to an aromatic ring is 1. The predicted octanol–water partition coefficient (Wildman–Crippen LogP) is 2.56. The molecule has 0 atom stereocenters. The smallest absolute Gasteiger partial charge is 0.128 e. The number of anilines is 1. The van der Waals surface area contributed by atoms with Crippen LogP contribution in [0, 0.1) is 0 Å². The molecule has 0 fully saturated rings. The zero-order valence-corrected chi connectivity index (χ0v) is 11.5. The number of ether oxygens (including phenoxy) is 2. The van der Waals surface area contributed by atoms with E-state index in [9.17, 15) is 0 Å². The van der Waals surface area contributed by atoms with Gasteiger partial charge in [0.1, 0.15) is 17.2 Å². The van der Waals surface area contributed by atoms with E-state index < -0.39 is 0 Å². The van der Waals surface area contributed by atoms with Crippen molar-refractivity contribution in [2.45, 2.75) is 19.9 Å². The van der Waals surface area contributed by atoms with E-state index in [0.717, 1.165) is 35.7 Å². The second-order valence-electron chi connectivity index (χ2n) is 4.26. The molecular weight excluding hydrogens is 242 g/mol. The summed E-state index contributed by atoms with van der Waals surface area (Å²) in [4.78, 5) is 0. The maximum Gasteiger partial charge on any atom is 0.128 e. The molecule has 5 nitrogen and oxygen atoms in total. The normalized spacial score (nSPS) is 10.5. The van der Waals surface area contributed by atoms with E-state index in [2.05, 4.69) is 12.0 Å². The van der Waals surface area contributed by atoms with E-state index in [-0.39, 0.29) is 0 Å². The summed E-state index contributed by atoms with van der Waals surface area (Å²) in [5, 5.41) is 4.51. The molecule has 1 heterocycles. The van der Waals surface area contributed by atoms with Gasteiger partial charge in [0.2, 0.25) is 0 Å². The highest BCUT2D eigenvalue weighted by atomic mass is 16.5. The molecule has 0 saturated carbocycles. The van der Waals surface area contributed by atoms with Gasteiger partial charge in [-0.15, -0.1) is 0 Å². The number of methoxy groups -OCH3 is 2. The highest BCUT2D eigenvalue weighted by Gasteiger charge is 2.14. The van der Waals surface area contributed by atoms with Crippen LogP contribution in [-0.2, 0) is 6.54 Å². The summed E-state index contributed by atoms with van der Waals surface area (Å²) < 4.78 is 12.5. The second kappa shape index (κ2) is 5.65. The number of nitrogens with zero attached hydrogens (tertiary/aromatic N) is 2. The van der Waals surface area contributed by atoms with Gasteiger partial charge in [0.15, 0.2) is 0 Å². The Bertz CT molecular complexity index is 564. The van der Waals surface area contributed by atoms with Gasteiger partial charge in [-0.05, 0) is 24.6 Å². The first-order valence-electron chi connectivity index (χ1n) is 6.25. The van der Waals surface area contributed by atoms with Crippen molar-refractivity contribution < 1.29 is 9.47 Å². The largest absolute Gasteiger partial charge is 0.497 e. The first kappa shape index (κ1) is 13.3. The molecule has 102 valence electrons. The Balaban J connectivity index is 2.50. The lowest BCUT2D eigenvalue weighted by Crippen LogP contribution is -1.97. The lowest BCUT2D eigenvalue weighted by Gasteiger charge is -2.09. The van der Waals surface area contributed by atoms with Gasteiger partial charge in [0.05, 0.1) is 19.9 Å². The third kappa shape index (κ3) is 2.65. The Morgan fingerprint density at radius 1 is 1.26 bits per heavy atom. The topological polar surface area (TPSA) is 62.3 Å². The Morgan fingerprint density at radius 3 is 2.68 bits per heavy atom. The molecule has 1 aromatic carbocycles. The van der Waals surface area contributed by atoms with Crippen molar-refractivity contribution in [3.05, 3.63) is 24.4 Å². The van der Waals surface area contributed by atoms with Gasteiger partial charge in [-0.3, -0.25) is 4.68 Å². The summed E-state index contributed by atoms with van der Waals surface area (Å²) >= 11 is 0. The van der Waals surface area contributed by atoms with E-state index >= 15 is 0 Å². The molecule has 2 N–H and O–H groups in total. The monoisotopic (exact) mass is 261 g/mol. The summed E-state index contributed by atoms with van der Waals surface area (Å²) in [5.41, 5.74) is 8.25. The van der Waals surface area contributed by atoms with Crippen molar-refractivity contribution in [2.75, 3.05) is 20.0 Å². The molecule has 1 aromatic heterocycles. The first-order chi connectivity index (χ1) is 9.19. The number of rotatable bonds is 5. The number of aromatic nitrogens is 2. The van der Waals surface area contributed by atoms with Crippen LogP contribution < -0.4 is 15.2 Å². The Labute approximate surface area is 112 Å². The van der Waals surface area contributed by atoms with Crippen LogP contribution in [-0.4, -0.2) is 24.0 Å². The van der Waals surface area contributed by atoms with Crippen molar-refractivity contribution in [1.29, 1.82) is 0 Å². The number of benzene rings is 1. The Kier molecular flexibility index (Phi) is 3.94. The van der Waals surface area contributed by atoms with Crippen LogP contribution in [0.1, 0.15) is 13.3 Å². The van der Waals surface area contributed by atoms with E-state index in [1.807, 2.05) is 29.1 Å². The summed E-state index contributed by atoms with van der Waals surface area (Å²) in [6.07, 6.45) is 2.85. The van der Waals surface area contributed by atoms with Gasteiger partial charge in [-0.1, -0.05) is 6.92 Å². The highest BCUT2D eigenvalue weighted by Crippen LogP contribution is 2.35. The van der Waals surface area contributed by atoms with Gasteiger partial charge in [0, 0.05) is 18.3 Å². The van der Waals surface area contributed by atoms with Crippen molar-refractivity contribution in [1.82, 2.24) is 9.78 Å². The minimum atomic E-state index is 0.639. The zero-order valence-electron chi connectivity index (χ0n) is 11.5. The average Bonchev–Trinajstić information content (AvgIpc) is 2.79. The maximum absolute atomic E-state index is 6.04. The minimum Gasteiger partial charge on any atom is -0.497 e. The van der Waals surface area contributed by atoms with Crippen LogP contribution in [0.4, 0.5) is 5.69 Å². The number of nitrogens with two attached hydrogens (primary N) is 1. The Morgan fingerprint density at radius 2 is 2.05 bits per heavy atom. The molecule has 0 spiro atoms. The van der Waals surface area contributed by atoms with Gasteiger partial charge < -0.3 is 15.2 Å². The molecule has 0 saturated heterocycles. The summed E-state index contributed by atoms with van der Waals surface area (Å²) in [7, 11) is 3.26. The molecule has 2 aromatic rings. The van der Waals surface area contributed by atoms with Crippen LogP contribution in [0.5, 0.6) is 11.5 Å². The third-order valence-corrected chi connectivity index (χ3v) is 2.90. The quantitative estimate of drug-likeness (QED) is 0.898. The lowest BCUT2D eigenvalue weighted by molar-refractivity contribution is 0.404.